The minimum Gasteiger partial charge on any atom is -0.493 e. The molecule has 2 heteroatoms. The van der Waals surface area contributed by atoms with Crippen LogP contribution in [0.5, 0.6) is 5.75 Å². The first kappa shape index (κ1) is 12.4. The molecule has 2 rings (SSSR count). The number of ether oxygens (including phenoxy) is 1. The third kappa shape index (κ3) is 2.81. The maximum Gasteiger partial charge on any atom is 0.122 e. The molecular weight excluding hydrogens is 210 g/mol. The summed E-state index contributed by atoms with van der Waals surface area (Å²) in [6, 6.07) is 6.98. The van der Waals surface area contributed by atoms with Gasteiger partial charge in [-0.1, -0.05) is 25.5 Å². The molecular formula is C15H23NO. The number of nitrogens with one attached hydrogen (secondary N) is 1. The summed E-state index contributed by atoms with van der Waals surface area (Å²) in [5, 5.41) is 3.40. The van der Waals surface area contributed by atoms with Crippen LogP contribution in [0, 0.1) is 0 Å². The van der Waals surface area contributed by atoms with Gasteiger partial charge in [-0.15, -0.1) is 0 Å². The van der Waals surface area contributed by atoms with E-state index < -0.39 is 0 Å². The van der Waals surface area contributed by atoms with Crippen LogP contribution in [0.4, 0.5) is 0 Å². The number of fused-ring (bicyclic) bond motifs is 1. The van der Waals surface area contributed by atoms with E-state index in [-0.39, 0.29) is 0 Å². The zero-order valence-corrected chi connectivity index (χ0v) is 11.0. The summed E-state index contributed by atoms with van der Waals surface area (Å²) in [6.45, 7) is 3.04. The van der Waals surface area contributed by atoms with Crippen LogP contribution in [0.1, 0.15) is 49.8 Å². The van der Waals surface area contributed by atoms with Gasteiger partial charge in [0.25, 0.3) is 0 Å². The number of unbranched alkanes of at least 4 members (excludes halogenated alkanes) is 1. The summed E-state index contributed by atoms with van der Waals surface area (Å²) < 4.78 is 5.91. The molecule has 17 heavy (non-hydrogen) atoms. The molecule has 1 aromatic rings. The van der Waals surface area contributed by atoms with Crippen molar-refractivity contribution in [3.8, 4) is 5.75 Å². The van der Waals surface area contributed by atoms with E-state index >= 15 is 0 Å². The Kier molecular flexibility index (Phi) is 4.43. The van der Waals surface area contributed by atoms with E-state index in [1.165, 1.54) is 30.4 Å². The summed E-state index contributed by atoms with van der Waals surface area (Å²) in [4.78, 5) is 0. The highest BCUT2D eigenvalue weighted by Gasteiger charge is 2.21. The van der Waals surface area contributed by atoms with Gasteiger partial charge < -0.3 is 10.1 Å². The highest BCUT2D eigenvalue weighted by atomic mass is 16.5. The van der Waals surface area contributed by atoms with Crippen molar-refractivity contribution in [2.45, 2.75) is 45.1 Å². The van der Waals surface area contributed by atoms with E-state index in [1.54, 1.807) is 0 Å². The Morgan fingerprint density at radius 1 is 1.41 bits per heavy atom. The molecule has 0 radical (unpaired) electrons. The first-order valence-corrected chi connectivity index (χ1v) is 6.78. The van der Waals surface area contributed by atoms with Crippen molar-refractivity contribution in [1.82, 2.24) is 5.32 Å². The van der Waals surface area contributed by atoms with Crippen molar-refractivity contribution in [1.29, 1.82) is 0 Å². The summed E-state index contributed by atoms with van der Waals surface area (Å²) in [7, 11) is 2.05. The van der Waals surface area contributed by atoms with Gasteiger partial charge in [-0.2, -0.15) is 0 Å². The predicted molar refractivity (Wildman–Crippen MR) is 71.6 cm³/mol. The van der Waals surface area contributed by atoms with Crippen molar-refractivity contribution in [2.75, 3.05) is 13.7 Å². The maximum atomic E-state index is 5.91. The number of benzene rings is 1. The van der Waals surface area contributed by atoms with Crippen LogP contribution in [0.15, 0.2) is 18.2 Å². The van der Waals surface area contributed by atoms with Gasteiger partial charge in [0.15, 0.2) is 0 Å². The second-order valence-electron chi connectivity index (χ2n) is 4.76. The van der Waals surface area contributed by atoms with E-state index in [2.05, 4.69) is 30.4 Å². The molecule has 0 aromatic heterocycles. The molecule has 0 saturated carbocycles. The Morgan fingerprint density at radius 3 is 3.06 bits per heavy atom. The van der Waals surface area contributed by atoms with E-state index in [9.17, 15) is 0 Å². The maximum absolute atomic E-state index is 5.91. The molecule has 0 amide bonds. The smallest absolute Gasteiger partial charge is 0.122 e. The van der Waals surface area contributed by atoms with Gasteiger partial charge in [0.05, 0.1) is 6.61 Å². The summed E-state index contributed by atoms with van der Waals surface area (Å²) in [6.07, 6.45) is 5.98. The second-order valence-corrected chi connectivity index (χ2v) is 4.76. The number of hydrogen-bond acceptors (Lipinski definition) is 2. The minimum atomic E-state index is 0.508. The van der Waals surface area contributed by atoms with Crippen molar-refractivity contribution < 1.29 is 4.74 Å². The quantitative estimate of drug-likeness (QED) is 0.786. The first-order chi connectivity index (χ1) is 8.36. The third-order valence-electron chi connectivity index (χ3n) is 3.57. The Bertz CT molecular complexity index is 362. The number of rotatable bonds is 5. The molecule has 1 aliphatic rings. The lowest BCUT2D eigenvalue weighted by Crippen LogP contribution is -2.22. The van der Waals surface area contributed by atoms with Gasteiger partial charge in [0.2, 0.25) is 0 Å². The summed E-state index contributed by atoms with van der Waals surface area (Å²) in [5.74, 6) is 1.11. The average Bonchev–Trinajstić information content (AvgIpc) is 2.38. The van der Waals surface area contributed by atoms with Crippen LogP contribution in [0.3, 0.4) is 0 Å². The average molecular weight is 233 g/mol. The molecule has 0 heterocycles. The van der Waals surface area contributed by atoms with Gasteiger partial charge in [-0.05, 0) is 49.9 Å². The highest BCUT2D eigenvalue weighted by molar-refractivity contribution is 5.43. The molecule has 2 nitrogen and oxygen atoms in total. The van der Waals surface area contributed by atoms with Crippen LogP contribution in [0.25, 0.3) is 0 Å². The van der Waals surface area contributed by atoms with Crippen molar-refractivity contribution >= 4 is 0 Å². The molecule has 0 bridgehead atoms. The molecule has 0 aliphatic heterocycles. The van der Waals surface area contributed by atoms with Gasteiger partial charge in [0.1, 0.15) is 5.75 Å². The Hall–Kier alpha value is -1.02. The molecule has 1 aliphatic carbocycles. The molecule has 1 unspecified atom stereocenters. The molecule has 1 N–H and O–H groups in total. The molecule has 0 saturated heterocycles. The van der Waals surface area contributed by atoms with Crippen LogP contribution < -0.4 is 10.1 Å². The summed E-state index contributed by atoms with van der Waals surface area (Å²) >= 11 is 0. The van der Waals surface area contributed by atoms with E-state index in [1.807, 2.05) is 7.05 Å². The van der Waals surface area contributed by atoms with Crippen molar-refractivity contribution in [3.05, 3.63) is 29.3 Å². The lowest BCUT2D eigenvalue weighted by atomic mass is 9.87. The lowest BCUT2D eigenvalue weighted by Gasteiger charge is -2.26. The molecule has 0 fully saturated rings. The third-order valence-corrected chi connectivity index (χ3v) is 3.57. The van der Waals surface area contributed by atoms with Crippen molar-refractivity contribution in [3.63, 3.8) is 0 Å². The van der Waals surface area contributed by atoms with Crippen LogP contribution in [0.2, 0.25) is 0 Å². The topological polar surface area (TPSA) is 21.3 Å². The van der Waals surface area contributed by atoms with Gasteiger partial charge in [-0.25, -0.2) is 0 Å². The minimum absolute atomic E-state index is 0.508. The standard InChI is InChI=1S/C15H23NO/c1-3-4-11-17-15-10-6-7-12-13(15)8-5-9-14(12)16-2/h6-7,10,14,16H,3-5,8-9,11H2,1-2H3. The molecule has 94 valence electrons. The van der Waals surface area contributed by atoms with E-state index in [4.69, 9.17) is 4.74 Å². The molecule has 1 aromatic carbocycles. The van der Waals surface area contributed by atoms with Gasteiger partial charge in [-0.3, -0.25) is 0 Å². The Balaban J connectivity index is 2.17. The fourth-order valence-electron chi connectivity index (χ4n) is 2.58. The van der Waals surface area contributed by atoms with Crippen LogP contribution >= 0.6 is 0 Å². The first-order valence-electron chi connectivity index (χ1n) is 6.78. The fraction of sp³-hybridized carbons (Fsp3) is 0.600. The normalized spacial score (nSPS) is 18.8. The zero-order chi connectivity index (χ0) is 12.1. The van der Waals surface area contributed by atoms with Gasteiger partial charge >= 0.3 is 0 Å². The second kappa shape index (κ2) is 6.06. The van der Waals surface area contributed by atoms with Crippen LogP contribution in [-0.4, -0.2) is 13.7 Å². The van der Waals surface area contributed by atoms with E-state index in [0.29, 0.717) is 6.04 Å². The van der Waals surface area contributed by atoms with Crippen LogP contribution in [-0.2, 0) is 6.42 Å². The largest absolute Gasteiger partial charge is 0.493 e. The lowest BCUT2D eigenvalue weighted by molar-refractivity contribution is 0.303. The Labute approximate surface area is 104 Å². The zero-order valence-electron chi connectivity index (χ0n) is 11.0. The molecule has 1 atom stereocenters. The Morgan fingerprint density at radius 2 is 2.29 bits per heavy atom. The predicted octanol–water partition coefficient (Wildman–Crippen LogP) is 3.46. The SMILES string of the molecule is CCCCOc1cccc2c1CCCC2NC. The highest BCUT2D eigenvalue weighted by Crippen LogP contribution is 2.35. The fourth-order valence-corrected chi connectivity index (χ4v) is 2.58. The van der Waals surface area contributed by atoms with Gasteiger partial charge in [0, 0.05) is 6.04 Å². The molecule has 0 spiro atoms. The van der Waals surface area contributed by atoms with E-state index in [0.717, 1.165) is 25.2 Å². The monoisotopic (exact) mass is 233 g/mol. The summed E-state index contributed by atoms with van der Waals surface area (Å²) in [5.41, 5.74) is 2.86. The number of hydrogen-bond donors (Lipinski definition) is 1. The van der Waals surface area contributed by atoms with Crippen molar-refractivity contribution in [2.24, 2.45) is 0 Å².